The van der Waals surface area contributed by atoms with E-state index < -0.39 is 11.9 Å². The van der Waals surface area contributed by atoms with E-state index in [2.05, 4.69) is 25.2 Å². The molecule has 0 radical (unpaired) electrons. The van der Waals surface area contributed by atoms with Gasteiger partial charge in [-0.3, -0.25) is 19.5 Å². The number of H-pyrrole nitrogens is 1. The van der Waals surface area contributed by atoms with E-state index in [-0.39, 0.29) is 16.7 Å². The lowest BCUT2D eigenvalue weighted by Gasteiger charge is -2.39. The largest absolute Gasteiger partial charge is 0.365 e. The van der Waals surface area contributed by atoms with Crippen molar-refractivity contribution in [2.45, 2.75) is 44.1 Å². The fourth-order valence-corrected chi connectivity index (χ4v) is 5.76. The second-order valence-corrected chi connectivity index (χ2v) is 9.11. The third-order valence-electron chi connectivity index (χ3n) is 7.63. The van der Waals surface area contributed by atoms with Gasteiger partial charge in [-0.1, -0.05) is 6.92 Å². The molecule has 3 heterocycles. The highest BCUT2D eigenvalue weighted by Crippen LogP contribution is 2.64. The van der Waals surface area contributed by atoms with Gasteiger partial charge in [-0.15, -0.1) is 0 Å². The molecule has 3 aliphatic rings. The number of aromatic nitrogens is 3. The molecule has 5 rings (SSSR count). The fraction of sp³-hybridized carbons (Fsp3) is 0.565. The van der Waals surface area contributed by atoms with Gasteiger partial charge in [-0.05, 0) is 43.7 Å². The number of hydrogen-bond acceptors (Lipinski definition) is 6. The molecule has 3 fully saturated rings. The Morgan fingerprint density at radius 2 is 2.09 bits per heavy atom. The summed E-state index contributed by atoms with van der Waals surface area (Å²) in [5, 5.41) is 2.46. The van der Waals surface area contributed by atoms with E-state index >= 15 is 0 Å². The molecule has 1 saturated heterocycles. The predicted molar refractivity (Wildman–Crippen MR) is 118 cm³/mol. The molecular formula is C23H29FN6O2. The third-order valence-corrected chi connectivity index (χ3v) is 7.63. The maximum atomic E-state index is 14.5. The number of nitrogens with zero attached hydrogens (tertiary/aromatic N) is 4. The molecule has 32 heavy (non-hydrogen) atoms. The Bertz CT molecular complexity index is 1100. The van der Waals surface area contributed by atoms with Crippen LogP contribution in [0.15, 0.2) is 23.1 Å². The van der Waals surface area contributed by atoms with Crippen molar-refractivity contribution in [1.82, 2.24) is 25.2 Å². The van der Waals surface area contributed by atoms with Gasteiger partial charge in [0, 0.05) is 56.6 Å². The fourth-order valence-electron chi connectivity index (χ4n) is 5.76. The molecule has 8 nitrogen and oxygen atoms in total. The average Bonchev–Trinajstić information content (AvgIpc) is 3.43. The van der Waals surface area contributed by atoms with Gasteiger partial charge in [0.2, 0.25) is 5.95 Å². The van der Waals surface area contributed by atoms with Gasteiger partial charge in [0.25, 0.3) is 11.5 Å². The van der Waals surface area contributed by atoms with Crippen LogP contribution >= 0.6 is 0 Å². The molecule has 2 saturated carbocycles. The summed E-state index contributed by atoms with van der Waals surface area (Å²) in [6, 6.07) is 3.70. The van der Waals surface area contributed by atoms with Crippen molar-refractivity contribution in [3.8, 4) is 0 Å². The summed E-state index contributed by atoms with van der Waals surface area (Å²) in [5.41, 5.74) is 2.15. The monoisotopic (exact) mass is 440 g/mol. The van der Waals surface area contributed by atoms with Crippen LogP contribution in [0.25, 0.3) is 0 Å². The molecule has 2 aliphatic carbocycles. The van der Waals surface area contributed by atoms with Gasteiger partial charge < -0.3 is 15.2 Å². The number of pyridine rings is 1. The molecule has 0 bridgehead atoms. The Labute approximate surface area is 186 Å². The number of fused-ring (bicyclic) bond motifs is 1. The number of rotatable bonds is 5. The topological polar surface area (TPSA) is 94.2 Å². The van der Waals surface area contributed by atoms with E-state index in [9.17, 15) is 14.0 Å². The van der Waals surface area contributed by atoms with Gasteiger partial charge in [0.15, 0.2) is 0 Å². The second-order valence-electron chi connectivity index (χ2n) is 9.11. The Kier molecular flexibility index (Phi) is 5.23. The Morgan fingerprint density at radius 3 is 2.72 bits per heavy atom. The molecule has 1 aliphatic heterocycles. The number of anilines is 1. The lowest BCUT2D eigenvalue weighted by Crippen LogP contribution is -2.51. The first-order chi connectivity index (χ1) is 15.5. The molecule has 0 aromatic carbocycles. The van der Waals surface area contributed by atoms with Crippen molar-refractivity contribution in [3.63, 3.8) is 0 Å². The van der Waals surface area contributed by atoms with Crippen LogP contribution in [0.3, 0.4) is 0 Å². The summed E-state index contributed by atoms with van der Waals surface area (Å²) in [7, 11) is 1.50. The predicted octanol–water partition coefficient (Wildman–Crippen LogP) is 1.47. The summed E-state index contributed by atoms with van der Waals surface area (Å²) in [6.07, 6.45) is 5.80. The van der Waals surface area contributed by atoms with E-state index in [1.165, 1.54) is 7.05 Å². The van der Waals surface area contributed by atoms with Gasteiger partial charge in [-0.25, -0.2) is 4.98 Å². The van der Waals surface area contributed by atoms with Crippen LogP contribution < -0.4 is 15.8 Å². The van der Waals surface area contributed by atoms with Crippen molar-refractivity contribution >= 4 is 11.6 Å². The number of hydrogen-bond donors (Lipinski definition) is 2. The highest BCUT2D eigenvalue weighted by atomic mass is 19.1. The third kappa shape index (κ3) is 3.39. The van der Waals surface area contributed by atoms with Gasteiger partial charge in [0.05, 0.1) is 5.69 Å². The van der Waals surface area contributed by atoms with Crippen molar-refractivity contribution in [2.75, 3.05) is 38.1 Å². The van der Waals surface area contributed by atoms with Crippen LogP contribution in [-0.2, 0) is 11.8 Å². The molecule has 3 unspecified atom stereocenters. The molecule has 170 valence electrons. The molecule has 9 heteroatoms. The first-order valence-electron chi connectivity index (χ1n) is 11.4. The number of piperazine rings is 1. The quantitative estimate of drug-likeness (QED) is 0.684. The Hall–Kier alpha value is -2.81. The highest BCUT2D eigenvalue weighted by molar-refractivity contribution is 5.92. The van der Waals surface area contributed by atoms with Crippen LogP contribution in [-0.4, -0.2) is 65.0 Å². The van der Waals surface area contributed by atoms with Crippen LogP contribution in [0.2, 0.25) is 0 Å². The van der Waals surface area contributed by atoms with Gasteiger partial charge in [-0.2, -0.15) is 4.39 Å². The summed E-state index contributed by atoms with van der Waals surface area (Å²) in [5.74, 6) is -0.451. The van der Waals surface area contributed by atoms with Crippen LogP contribution in [0.4, 0.5) is 10.1 Å². The molecule has 1 amide bonds. The highest BCUT2D eigenvalue weighted by Gasteiger charge is 2.64. The number of carbonyl (C=O) groups is 1. The smallest absolute Gasteiger partial charge is 0.269 e. The van der Waals surface area contributed by atoms with Crippen molar-refractivity contribution in [1.29, 1.82) is 0 Å². The van der Waals surface area contributed by atoms with E-state index in [4.69, 9.17) is 0 Å². The standard InChI is InChI=1S/C23H29FN6O2/c1-3-15-22(32)28-19(13-26-15)23-7-6-17(14(23)12-23)29-8-10-30(11-9-29)18-5-4-16(21(31)25-2)27-20(18)24/h4-5,13-14,17H,3,6-12H2,1-2H3,(H,25,31)(H,28,32). The average molecular weight is 441 g/mol. The zero-order chi connectivity index (χ0) is 22.5. The maximum absolute atomic E-state index is 14.5. The first kappa shape index (κ1) is 21.1. The summed E-state index contributed by atoms with van der Waals surface area (Å²) < 4.78 is 14.5. The van der Waals surface area contributed by atoms with Gasteiger partial charge in [0.1, 0.15) is 11.4 Å². The lowest BCUT2D eigenvalue weighted by molar-refractivity contribution is 0.0957. The minimum atomic E-state index is -0.603. The summed E-state index contributed by atoms with van der Waals surface area (Å²) in [6.45, 7) is 5.10. The number of nitrogens with one attached hydrogen (secondary N) is 2. The molecule has 2 aromatic heterocycles. The van der Waals surface area contributed by atoms with Crippen LogP contribution in [0.5, 0.6) is 0 Å². The minimum Gasteiger partial charge on any atom is -0.365 e. The zero-order valence-electron chi connectivity index (χ0n) is 18.5. The summed E-state index contributed by atoms with van der Waals surface area (Å²) in [4.78, 5) is 39.8. The van der Waals surface area contributed by atoms with Crippen molar-refractivity contribution < 1.29 is 9.18 Å². The van der Waals surface area contributed by atoms with E-state index in [0.29, 0.717) is 29.8 Å². The minimum absolute atomic E-state index is 0.0554. The Morgan fingerprint density at radius 1 is 1.31 bits per heavy atom. The number of aryl methyl sites for hydroxylation is 1. The lowest BCUT2D eigenvalue weighted by atomic mass is 10.00. The van der Waals surface area contributed by atoms with E-state index in [1.54, 1.807) is 12.1 Å². The first-order valence-corrected chi connectivity index (χ1v) is 11.4. The SMILES string of the molecule is CCc1ncc(C23CCC(N4CCN(c5ccc(C(=O)NC)nc5F)CC4)C2C3)[nH]c1=O. The van der Waals surface area contributed by atoms with Gasteiger partial charge >= 0.3 is 0 Å². The normalized spacial score (nSPS) is 27.3. The molecule has 2 aromatic rings. The van der Waals surface area contributed by atoms with Crippen molar-refractivity contribution in [2.24, 2.45) is 5.92 Å². The number of halogens is 1. The summed E-state index contributed by atoms with van der Waals surface area (Å²) >= 11 is 0. The van der Waals surface area contributed by atoms with Crippen LogP contribution in [0, 0.1) is 11.9 Å². The number of amides is 1. The van der Waals surface area contributed by atoms with Crippen LogP contribution in [0.1, 0.15) is 48.1 Å². The van der Waals surface area contributed by atoms with Crippen molar-refractivity contribution in [3.05, 3.63) is 51.7 Å². The zero-order valence-corrected chi connectivity index (χ0v) is 18.5. The number of aromatic amines is 1. The molecule has 3 atom stereocenters. The Balaban J connectivity index is 1.23. The maximum Gasteiger partial charge on any atom is 0.269 e. The van der Waals surface area contributed by atoms with E-state index in [0.717, 1.165) is 51.1 Å². The molecular weight excluding hydrogens is 411 g/mol. The number of carbonyl (C=O) groups excluding carboxylic acids is 1. The molecule has 2 N–H and O–H groups in total. The molecule has 0 spiro atoms. The van der Waals surface area contributed by atoms with E-state index in [1.807, 2.05) is 18.0 Å². The second kappa shape index (κ2) is 7.95.